The summed E-state index contributed by atoms with van der Waals surface area (Å²) in [6, 6.07) is 2.07. The van der Waals surface area contributed by atoms with Gasteiger partial charge in [0.25, 0.3) is 5.91 Å². The summed E-state index contributed by atoms with van der Waals surface area (Å²) in [5.74, 6) is 2.11. The smallest absolute Gasteiger partial charge is 0.323 e. The molecule has 0 bridgehead atoms. The van der Waals surface area contributed by atoms with Gasteiger partial charge in [0.05, 0.1) is 0 Å². The van der Waals surface area contributed by atoms with Crippen molar-refractivity contribution in [2.45, 2.75) is 19.8 Å². The second-order valence-corrected chi connectivity index (χ2v) is 7.25. The van der Waals surface area contributed by atoms with E-state index in [1.54, 1.807) is 6.33 Å². The normalized spacial score (nSPS) is 22.7. The zero-order valence-corrected chi connectivity index (χ0v) is 14.4. The third-order valence-corrected chi connectivity index (χ3v) is 5.19. The molecular formula is C17H22N6O2. The van der Waals surface area contributed by atoms with Gasteiger partial charge in [0.1, 0.15) is 17.8 Å². The Kier molecular flexibility index (Phi) is 3.82. The van der Waals surface area contributed by atoms with E-state index in [9.17, 15) is 9.59 Å². The number of likely N-dealkylation sites (tertiary alicyclic amines) is 1. The molecule has 2 saturated heterocycles. The summed E-state index contributed by atoms with van der Waals surface area (Å²) in [5, 5.41) is 0. The van der Waals surface area contributed by atoms with Gasteiger partial charge in [-0.1, -0.05) is 13.8 Å². The van der Waals surface area contributed by atoms with Gasteiger partial charge in [-0.25, -0.2) is 14.8 Å². The number of aromatic nitrogens is 4. The molecule has 0 aliphatic carbocycles. The number of carbonyl (C=O) groups is 1. The SMILES string of the molecule is CC(C)c1cc(N2CC3CN(C(=O)c4c[nH]c(=O)[nH]4)CC3C2)ncn1. The summed E-state index contributed by atoms with van der Waals surface area (Å²) in [5.41, 5.74) is 1.04. The van der Waals surface area contributed by atoms with Crippen LogP contribution < -0.4 is 10.6 Å². The van der Waals surface area contributed by atoms with E-state index in [4.69, 9.17) is 0 Å². The number of amides is 1. The van der Waals surface area contributed by atoms with Gasteiger partial charge in [-0.3, -0.25) is 4.79 Å². The Hall–Kier alpha value is -2.64. The fourth-order valence-electron chi connectivity index (χ4n) is 3.81. The van der Waals surface area contributed by atoms with Crippen LogP contribution in [0.2, 0.25) is 0 Å². The Morgan fingerprint density at radius 3 is 2.52 bits per heavy atom. The van der Waals surface area contributed by atoms with Crippen LogP contribution in [-0.4, -0.2) is 56.9 Å². The first-order valence-corrected chi connectivity index (χ1v) is 8.65. The van der Waals surface area contributed by atoms with Gasteiger partial charge in [-0.05, 0) is 5.92 Å². The number of hydrogen-bond donors (Lipinski definition) is 2. The number of anilines is 1. The number of fused-ring (bicyclic) bond motifs is 1. The van der Waals surface area contributed by atoms with E-state index >= 15 is 0 Å². The number of nitrogens with zero attached hydrogens (tertiary/aromatic N) is 4. The van der Waals surface area contributed by atoms with Gasteiger partial charge in [-0.15, -0.1) is 0 Å². The number of hydrogen-bond acceptors (Lipinski definition) is 5. The molecule has 2 fully saturated rings. The second kappa shape index (κ2) is 6.02. The fourth-order valence-corrected chi connectivity index (χ4v) is 3.81. The van der Waals surface area contributed by atoms with Crippen LogP contribution in [0, 0.1) is 11.8 Å². The standard InChI is InChI=1S/C17H22N6O2/c1-10(2)13-3-15(20-9-19-13)22-5-11-7-23(8-12(11)6-22)16(24)14-4-18-17(25)21-14/h3-4,9-12H,5-8H2,1-2H3,(H2,18,21,25). The number of H-pyrrole nitrogens is 2. The average molecular weight is 342 g/mol. The van der Waals surface area contributed by atoms with Crippen molar-refractivity contribution in [1.29, 1.82) is 0 Å². The van der Waals surface area contributed by atoms with E-state index in [-0.39, 0.29) is 11.6 Å². The molecule has 0 saturated carbocycles. The van der Waals surface area contributed by atoms with Gasteiger partial charge in [0.15, 0.2) is 0 Å². The molecule has 2 aromatic heterocycles. The summed E-state index contributed by atoms with van der Waals surface area (Å²) >= 11 is 0. The number of aromatic amines is 2. The molecule has 8 nitrogen and oxygen atoms in total. The summed E-state index contributed by atoms with van der Waals surface area (Å²) < 4.78 is 0. The lowest BCUT2D eigenvalue weighted by molar-refractivity contribution is 0.0777. The van der Waals surface area contributed by atoms with Crippen LogP contribution in [0.25, 0.3) is 0 Å². The van der Waals surface area contributed by atoms with E-state index in [0.29, 0.717) is 23.4 Å². The van der Waals surface area contributed by atoms with Gasteiger partial charge < -0.3 is 19.8 Å². The van der Waals surface area contributed by atoms with Gasteiger partial charge in [-0.2, -0.15) is 0 Å². The van der Waals surface area contributed by atoms with Crippen molar-refractivity contribution in [2.75, 3.05) is 31.1 Å². The lowest BCUT2D eigenvalue weighted by atomic mass is 10.0. The molecule has 2 unspecified atom stereocenters. The molecule has 2 atom stereocenters. The number of carbonyl (C=O) groups excluding carboxylic acids is 1. The van der Waals surface area contributed by atoms with Crippen LogP contribution in [0.1, 0.15) is 35.9 Å². The largest absolute Gasteiger partial charge is 0.356 e. The highest BCUT2D eigenvalue weighted by atomic mass is 16.2. The Morgan fingerprint density at radius 1 is 1.20 bits per heavy atom. The maximum atomic E-state index is 12.5. The molecule has 2 aliphatic rings. The highest BCUT2D eigenvalue weighted by Crippen LogP contribution is 2.34. The third kappa shape index (κ3) is 2.92. The summed E-state index contributed by atoms with van der Waals surface area (Å²) in [4.78, 5) is 41.6. The van der Waals surface area contributed by atoms with Crippen molar-refractivity contribution in [1.82, 2.24) is 24.8 Å². The zero-order chi connectivity index (χ0) is 17.6. The lowest BCUT2D eigenvalue weighted by Gasteiger charge is -2.22. The predicted molar refractivity (Wildman–Crippen MR) is 92.6 cm³/mol. The Labute approximate surface area is 145 Å². The molecule has 25 heavy (non-hydrogen) atoms. The maximum Gasteiger partial charge on any atom is 0.323 e. The molecule has 2 N–H and O–H groups in total. The molecular weight excluding hydrogens is 320 g/mol. The van der Waals surface area contributed by atoms with E-state index in [1.807, 2.05) is 4.90 Å². The molecule has 4 rings (SSSR count). The fraction of sp³-hybridized carbons (Fsp3) is 0.529. The van der Waals surface area contributed by atoms with E-state index in [1.165, 1.54) is 6.20 Å². The van der Waals surface area contributed by atoms with E-state index in [2.05, 4.69) is 44.7 Å². The minimum atomic E-state index is -0.348. The molecule has 0 aromatic carbocycles. The van der Waals surface area contributed by atoms with Crippen LogP contribution in [0.4, 0.5) is 5.82 Å². The number of imidazole rings is 1. The summed E-state index contributed by atoms with van der Waals surface area (Å²) in [6.07, 6.45) is 3.08. The second-order valence-electron chi connectivity index (χ2n) is 7.25. The number of rotatable bonds is 3. The number of nitrogens with one attached hydrogen (secondary N) is 2. The molecule has 2 aliphatic heterocycles. The Bertz CT molecular complexity index is 827. The molecule has 132 valence electrons. The Morgan fingerprint density at radius 2 is 1.92 bits per heavy atom. The summed E-state index contributed by atoms with van der Waals surface area (Å²) in [6.45, 7) is 7.48. The maximum absolute atomic E-state index is 12.5. The lowest BCUT2D eigenvalue weighted by Crippen LogP contribution is -2.34. The van der Waals surface area contributed by atoms with E-state index in [0.717, 1.165) is 37.7 Å². The highest BCUT2D eigenvalue weighted by Gasteiger charge is 2.42. The predicted octanol–water partition coefficient (Wildman–Crippen LogP) is 0.825. The quantitative estimate of drug-likeness (QED) is 0.861. The molecule has 4 heterocycles. The highest BCUT2D eigenvalue weighted by molar-refractivity contribution is 5.92. The van der Waals surface area contributed by atoms with Gasteiger partial charge in [0.2, 0.25) is 0 Å². The molecule has 0 spiro atoms. The van der Waals surface area contributed by atoms with Crippen molar-refractivity contribution in [3.05, 3.63) is 40.5 Å². The monoisotopic (exact) mass is 342 g/mol. The third-order valence-electron chi connectivity index (χ3n) is 5.19. The summed E-state index contributed by atoms with van der Waals surface area (Å²) in [7, 11) is 0. The van der Waals surface area contributed by atoms with E-state index < -0.39 is 0 Å². The zero-order valence-electron chi connectivity index (χ0n) is 14.4. The molecule has 8 heteroatoms. The van der Waals surface area contributed by atoms with Crippen LogP contribution in [-0.2, 0) is 0 Å². The molecule has 2 aromatic rings. The molecule has 1 amide bonds. The van der Waals surface area contributed by atoms with Gasteiger partial charge in [0, 0.05) is 56.0 Å². The average Bonchev–Trinajstić information content (AvgIpc) is 3.28. The topological polar surface area (TPSA) is 98.0 Å². The van der Waals surface area contributed by atoms with Crippen LogP contribution in [0.5, 0.6) is 0 Å². The van der Waals surface area contributed by atoms with Crippen LogP contribution in [0.15, 0.2) is 23.4 Å². The van der Waals surface area contributed by atoms with Crippen LogP contribution in [0.3, 0.4) is 0 Å². The minimum Gasteiger partial charge on any atom is -0.356 e. The van der Waals surface area contributed by atoms with Crippen molar-refractivity contribution >= 4 is 11.7 Å². The minimum absolute atomic E-state index is 0.108. The molecule has 0 radical (unpaired) electrons. The Balaban J connectivity index is 1.43. The first kappa shape index (κ1) is 15.9. The van der Waals surface area contributed by atoms with Crippen LogP contribution >= 0.6 is 0 Å². The first-order chi connectivity index (χ1) is 12.0. The van der Waals surface area contributed by atoms with Crippen molar-refractivity contribution < 1.29 is 4.79 Å². The van der Waals surface area contributed by atoms with Gasteiger partial charge >= 0.3 is 5.69 Å². The van der Waals surface area contributed by atoms with Crippen molar-refractivity contribution in [2.24, 2.45) is 11.8 Å². The van der Waals surface area contributed by atoms with Crippen molar-refractivity contribution in [3.8, 4) is 0 Å². The first-order valence-electron chi connectivity index (χ1n) is 8.65. The van der Waals surface area contributed by atoms with Crippen molar-refractivity contribution in [3.63, 3.8) is 0 Å².